The molecule has 0 bridgehead atoms. The fourth-order valence-corrected chi connectivity index (χ4v) is 3.48. The topological polar surface area (TPSA) is 130 Å². The number of carboxylic acid groups (broad SMARTS) is 1. The van der Waals surface area contributed by atoms with E-state index in [2.05, 4.69) is 4.72 Å². The molecule has 1 aromatic carbocycles. The number of carboxylic acids is 1. The summed E-state index contributed by atoms with van der Waals surface area (Å²) >= 11 is 0. The molecule has 118 valence electrons. The van der Waals surface area contributed by atoms with Crippen molar-refractivity contribution in [1.29, 1.82) is 0 Å². The minimum atomic E-state index is -4.03. The summed E-state index contributed by atoms with van der Waals surface area (Å²) in [6.45, 7) is 1.53. The van der Waals surface area contributed by atoms with E-state index in [-0.39, 0.29) is 16.2 Å². The molecular formula is C11H16N2O6S2. The van der Waals surface area contributed by atoms with Gasteiger partial charge in [-0.2, -0.15) is 4.72 Å². The number of hydrogen-bond acceptors (Lipinski definition) is 5. The zero-order valence-corrected chi connectivity index (χ0v) is 13.0. The van der Waals surface area contributed by atoms with Gasteiger partial charge in [-0.3, -0.25) is 4.79 Å². The van der Waals surface area contributed by atoms with E-state index in [9.17, 15) is 21.6 Å². The first-order valence-corrected chi connectivity index (χ1v) is 8.89. The number of benzene rings is 1. The SMILES string of the molecule is CC[C@H](NS(=O)(=O)c1ccc(S(=O)(=O)NC)cc1)C(=O)O. The lowest BCUT2D eigenvalue weighted by Crippen LogP contribution is -2.40. The highest BCUT2D eigenvalue weighted by molar-refractivity contribution is 7.90. The molecule has 0 heterocycles. The van der Waals surface area contributed by atoms with E-state index in [1.165, 1.54) is 14.0 Å². The number of hydrogen-bond donors (Lipinski definition) is 3. The Kier molecular flexibility index (Phi) is 5.45. The van der Waals surface area contributed by atoms with Crippen molar-refractivity contribution < 1.29 is 26.7 Å². The van der Waals surface area contributed by atoms with Crippen LogP contribution < -0.4 is 9.44 Å². The smallest absolute Gasteiger partial charge is 0.321 e. The van der Waals surface area contributed by atoms with Gasteiger partial charge in [-0.25, -0.2) is 21.6 Å². The Bertz CT molecular complexity index is 710. The zero-order chi connectivity index (χ0) is 16.3. The Balaban J connectivity index is 3.09. The molecular weight excluding hydrogens is 320 g/mol. The maximum atomic E-state index is 12.0. The molecule has 1 aromatic rings. The average molecular weight is 336 g/mol. The summed E-state index contributed by atoms with van der Waals surface area (Å²) in [6, 6.07) is 3.21. The Hall–Kier alpha value is -1.49. The van der Waals surface area contributed by atoms with E-state index < -0.39 is 32.1 Å². The first-order chi connectivity index (χ1) is 9.64. The van der Waals surface area contributed by atoms with Crippen molar-refractivity contribution in [3.63, 3.8) is 0 Å². The minimum absolute atomic E-state index is 0.0841. The van der Waals surface area contributed by atoms with E-state index in [1.807, 2.05) is 4.72 Å². The van der Waals surface area contributed by atoms with Gasteiger partial charge in [0.15, 0.2) is 0 Å². The second-order valence-electron chi connectivity index (χ2n) is 4.10. The van der Waals surface area contributed by atoms with Crippen LogP contribution in [0.5, 0.6) is 0 Å². The van der Waals surface area contributed by atoms with Gasteiger partial charge < -0.3 is 5.11 Å². The normalized spacial score (nSPS) is 13.8. The Morgan fingerprint density at radius 2 is 1.52 bits per heavy atom. The predicted octanol–water partition coefficient (Wildman–Crippen LogP) is -0.264. The van der Waals surface area contributed by atoms with Crippen LogP contribution in [0, 0.1) is 0 Å². The van der Waals surface area contributed by atoms with Crippen LogP contribution in [0.1, 0.15) is 13.3 Å². The second kappa shape index (κ2) is 6.52. The van der Waals surface area contributed by atoms with Crippen molar-refractivity contribution >= 4 is 26.0 Å². The van der Waals surface area contributed by atoms with Crippen LogP contribution in [0.3, 0.4) is 0 Å². The summed E-state index contributed by atoms with van der Waals surface area (Å²) < 4.78 is 51.2. The molecule has 0 radical (unpaired) electrons. The molecule has 8 nitrogen and oxygen atoms in total. The van der Waals surface area contributed by atoms with Crippen LogP contribution in [0.25, 0.3) is 0 Å². The molecule has 0 aliphatic rings. The molecule has 21 heavy (non-hydrogen) atoms. The molecule has 0 saturated heterocycles. The summed E-state index contributed by atoms with van der Waals surface area (Å²) in [4.78, 5) is 10.5. The van der Waals surface area contributed by atoms with Gasteiger partial charge in [-0.1, -0.05) is 6.92 Å². The van der Waals surface area contributed by atoms with Gasteiger partial charge in [0.25, 0.3) is 0 Å². The van der Waals surface area contributed by atoms with Crippen LogP contribution in [0.15, 0.2) is 34.1 Å². The average Bonchev–Trinajstić information content (AvgIpc) is 2.44. The molecule has 0 unspecified atom stereocenters. The van der Waals surface area contributed by atoms with Crippen molar-refractivity contribution in [2.45, 2.75) is 29.2 Å². The Morgan fingerprint density at radius 1 is 1.10 bits per heavy atom. The Labute approximate surface area is 123 Å². The summed E-state index contributed by atoms with van der Waals surface area (Å²) in [5.41, 5.74) is 0. The highest BCUT2D eigenvalue weighted by atomic mass is 32.2. The van der Waals surface area contributed by atoms with Crippen molar-refractivity contribution in [2.75, 3.05) is 7.05 Å². The van der Waals surface area contributed by atoms with Gasteiger partial charge >= 0.3 is 5.97 Å². The van der Waals surface area contributed by atoms with Crippen molar-refractivity contribution in [3.8, 4) is 0 Å². The largest absolute Gasteiger partial charge is 0.480 e. The first kappa shape index (κ1) is 17.6. The molecule has 0 spiro atoms. The summed E-state index contributed by atoms with van der Waals surface area (Å²) in [5.74, 6) is -1.28. The van der Waals surface area contributed by atoms with Gasteiger partial charge in [0.1, 0.15) is 6.04 Å². The third kappa shape index (κ3) is 4.24. The summed E-state index contributed by atoms with van der Waals surface area (Å²) in [6.07, 6.45) is 0.0841. The van der Waals surface area contributed by atoms with Gasteiger partial charge in [0.2, 0.25) is 20.0 Å². The van der Waals surface area contributed by atoms with Crippen LogP contribution in [0.2, 0.25) is 0 Å². The maximum Gasteiger partial charge on any atom is 0.321 e. The van der Waals surface area contributed by atoms with Gasteiger partial charge in [0, 0.05) is 0 Å². The summed E-state index contributed by atoms with van der Waals surface area (Å²) in [7, 11) is -6.46. The zero-order valence-electron chi connectivity index (χ0n) is 11.4. The monoisotopic (exact) mass is 336 g/mol. The van der Waals surface area contributed by atoms with Crippen LogP contribution in [-0.2, 0) is 24.8 Å². The first-order valence-electron chi connectivity index (χ1n) is 5.92. The number of rotatable bonds is 7. The number of nitrogens with one attached hydrogen (secondary N) is 2. The lowest BCUT2D eigenvalue weighted by molar-refractivity contribution is -0.139. The lowest BCUT2D eigenvalue weighted by atomic mass is 10.2. The fraction of sp³-hybridized carbons (Fsp3) is 0.364. The lowest BCUT2D eigenvalue weighted by Gasteiger charge is -2.13. The predicted molar refractivity (Wildman–Crippen MR) is 74.7 cm³/mol. The molecule has 10 heteroatoms. The number of carbonyl (C=O) groups is 1. The molecule has 0 amide bonds. The minimum Gasteiger partial charge on any atom is -0.480 e. The van der Waals surface area contributed by atoms with Crippen molar-refractivity contribution in [1.82, 2.24) is 9.44 Å². The van der Waals surface area contributed by atoms with Crippen LogP contribution in [-0.4, -0.2) is 41.0 Å². The third-order valence-electron chi connectivity index (χ3n) is 2.72. The van der Waals surface area contributed by atoms with Gasteiger partial charge in [-0.15, -0.1) is 0 Å². The Morgan fingerprint density at radius 3 is 1.86 bits per heavy atom. The van der Waals surface area contributed by atoms with Crippen LogP contribution in [0.4, 0.5) is 0 Å². The van der Waals surface area contributed by atoms with E-state index >= 15 is 0 Å². The molecule has 1 atom stereocenters. The number of aliphatic carboxylic acids is 1. The quantitative estimate of drug-likeness (QED) is 0.629. The van der Waals surface area contributed by atoms with E-state index in [0.29, 0.717) is 0 Å². The standard InChI is InChI=1S/C11H16N2O6S2/c1-3-10(11(14)15)13-21(18,19)9-6-4-8(5-7-9)20(16,17)12-2/h4-7,10,12-13H,3H2,1-2H3,(H,14,15)/t10-/m0/s1. The molecule has 1 rings (SSSR count). The molecule has 0 aliphatic carbocycles. The highest BCUT2D eigenvalue weighted by Crippen LogP contribution is 2.14. The van der Waals surface area contributed by atoms with Crippen LogP contribution >= 0.6 is 0 Å². The molecule has 0 saturated carbocycles. The van der Waals surface area contributed by atoms with Crippen molar-refractivity contribution in [3.05, 3.63) is 24.3 Å². The third-order valence-corrected chi connectivity index (χ3v) is 5.63. The molecule has 0 aliphatic heterocycles. The number of sulfonamides is 2. The fourth-order valence-electron chi connectivity index (χ4n) is 1.48. The molecule has 3 N–H and O–H groups in total. The van der Waals surface area contributed by atoms with Gasteiger partial charge in [-0.05, 0) is 37.7 Å². The van der Waals surface area contributed by atoms with E-state index in [0.717, 1.165) is 24.3 Å². The maximum absolute atomic E-state index is 12.0. The summed E-state index contributed by atoms with van der Waals surface area (Å²) in [5, 5.41) is 8.85. The van der Waals surface area contributed by atoms with E-state index in [1.54, 1.807) is 0 Å². The second-order valence-corrected chi connectivity index (χ2v) is 7.70. The molecule has 0 fully saturated rings. The molecule has 0 aromatic heterocycles. The van der Waals surface area contributed by atoms with Gasteiger partial charge in [0.05, 0.1) is 9.79 Å². The van der Waals surface area contributed by atoms with E-state index in [4.69, 9.17) is 5.11 Å². The highest BCUT2D eigenvalue weighted by Gasteiger charge is 2.24. The van der Waals surface area contributed by atoms with Crippen molar-refractivity contribution in [2.24, 2.45) is 0 Å².